The maximum atomic E-state index is 12.9. The lowest BCUT2D eigenvalue weighted by Gasteiger charge is -2.24. The number of rotatable bonds is 9. The van der Waals surface area contributed by atoms with Gasteiger partial charge in [0.1, 0.15) is 18.0 Å². The minimum atomic E-state index is -3.85. The second-order valence-corrected chi connectivity index (χ2v) is 11.8. The van der Waals surface area contributed by atoms with E-state index in [2.05, 4.69) is 5.32 Å². The van der Waals surface area contributed by atoms with Crippen LogP contribution in [0, 0.1) is 6.92 Å². The number of amides is 1. The largest absolute Gasteiger partial charge is 0.495 e. The van der Waals surface area contributed by atoms with E-state index in [-0.39, 0.29) is 22.0 Å². The van der Waals surface area contributed by atoms with E-state index in [4.69, 9.17) is 9.47 Å². The number of methoxy groups -OCH3 is 2. The molecule has 0 atom stereocenters. The Morgan fingerprint density at radius 2 is 1.62 bits per heavy atom. The first-order valence-electron chi connectivity index (χ1n) is 10.6. The van der Waals surface area contributed by atoms with Gasteiger partial charge in [-0.25, -0.2) is 16.8 Å². The fraction of sp³-hybridized carbons (Fsp3) is 0.409. The first-order chi connectivity index (χ1) is 16.0. The summed E-state index contributed by atoms with van der Waals surface area (Å²) in [5, 5.41) is 2.60. The maximum Gasteiger partial charge on any atom is 0.245 e. The Bertz CT molecular complexity index is 1270. The molecular formula is C22H29N3O7S2. The Balaban J connectivity index is 1.91. The van der Waals surface area contributed by atoms with Crippen LogP contribution in [0.5, 0.6) is 11.5 Å². The topological polar surface area (TPSA) is 122 Å². The molecule has 2 aromatic rings. The van der Waals surface area contributed by atoms with E-state index >= 15 is 0 Å². The number of ether oxygens (including phenoxy) is 2. The predicted octanol–water partition coefficient (Wildman–Crippen LogP) is 2.20. The van der Waals surface area contributed by atoms with E-state index in [1.807, 2.05) is 0 Å². The van der Waals surface area contributed by atoms with Crippen molar-refractivity contribution in [2.75, 3.05) is 49.7 Å². The summed E-state index contributed by atoms with van der Waals surface area (Å²) in [6.45, 7) is 2.13. The molecule has 10 nitrogen and oxygen atoms in total. The Morgan fingerprint density at radius 3 is 2.21 bits per heavy atom. The van der Waals surface area contributed by atoms with E-state index < -0.39 is 32.5 Å². The van der Waals surface area contributed by atoms with Crippen molar-refractivity contribution in [3.05, 3.63) is 42.0 Å². The molecule has 12 heteroatoms. The van der Waals surface area contributed by atoms with Crippen LogP contribution in [-0.2, 0) is 24.8 Å². The van der Waals surface area contributed by atoms with Crippen molar-refractivity contribution >= 4 is 37.3 Å². The normalized spacial score (nSPS) is 14.6. The Labute approximate surface area is 200 Å². The molecule has 0 unspecified atom stereocenters. The molecule has 1 heterocycles. The molecule has 0 radical (unpaired) electrons. The molecule has 0 saturated carbocycles. The van der Waals surface area contributed by atoms with Crippen molar-refractivity contribution in [3.63, 3.8) is 0 Å². The first kappa shape index (κ1) is 25.8. The fourth-order valence-corrected chi connectivity index (χ4v) is 6.11. The van der Waals surface area contributed by atoms with Gasteiger partial charge in [-0.15, -0.1) is 0 Å². The minimum Gasteiger partial charge on any atom is -0.495 e. The summed E-state index contributed by atoms with van der Waals surface area (Å²) in [5.74, 6) is -0.143. The average Bonchev–Trinajstić information content (AvgIpc) is 3.32. The van der Waals surface area contributed by atoms with Crippen LogP contribution in [0.2, 0.25) is 0 Å². The first-order valence-corrected chi connectivity index (χ1v) is 13.9. The lowest BCUT2D eigenvalue weighted by Crippen LogP contribution is -2.37. The van der Waals surface area contributed by atoms with Gasteiger partial charge in [0.15, 0.2) is 0 Å². The number of aryl methyl sites for hydroxylation is 1. The zero-order chi connectivity index (χ0) is 25.1. The monoisotopic (exact) mass is 511 g/mol. The average molecular weight is 512 g/mol. The van der Waals surface area contributed by atoms with Crippen LogP contribution >= 0.6 is 0 Å². The third-order valence-electron chi connectivity index (χ3n) is 5.44. The highest BCUT2D eigenvalue weighted by Gasteiger charge is 2.29. The van der Waals surface area contributed by atoms with Crippen molar-refractivity contribution in [2.24, 2.45) is 0 Å². The van der Waals surface area contributed by atoms with E-state index in [0.29, 0.717) is 18.8 Å². The number of sulfonamides is 2. The number of carbonyl (C=O) groups is 1. The molecule has 1 aliphatic rings. The van der Waals surface area contributed by atoms with Gasteiger partial charge in [-0.3, -0.25) is 9.10 Å². The summed E-state index contributed by atoms with van der Waals surface area (Å²) in [6.07, 6.45) is 2.58. The molecule has 3 rings (SSSR count). The van der Waals surface area contributed by atoms with Gasteiger partial charge in [0.25, 0.3) is 0 Å². The number of carbonyl (C=O) groups excluding carboxylic acids is 1. The van der Waals surface area contributed by atoms with Crippen LogP contribution in [0.25, 0.3) is 0 Å². The predicted molar refractivity (Wildman–Crippen MR) is 130 cm³/mol. The van der Waals surface area contributed by atoms with Crippen LogP contribution in [-0.4, -0.2) is 67.2 Å². The minimum absolute atomic E-state index is 0.0193. The van der Waals surface area contributed by atoms with Crippen molar-refractivity contribution in [1.29, 1.82) is 0 Å². The van der Waals surface area contributed by atoms with Gasteiger partial charge < -0.3 is 14.8 Å². The van der Waals surface area contributed by atoms with Crippen LogP contribution in [0.1, 0.15) is 18.4 Å². The van der Waals surface area contributed by atoms with Crippen molar-refractivity contribution in [2.45, 2.75) is 24.7 Å². The molecule has 0 spiro atoms. The third kappa shape index (κ3) is 5.62. The molecule has 0 aromatic heterocycles. The van der Waals surface area contributed by atoms with E-state index in [1.54, 1.807) is 25.1 Å². The number of hydrogen-bond donors (Lipinski definition) is 1. The summed E-state index contributed by atoms with van der Waals surface area (Å²) in [5.41, 5.74) is 1.13. The molecule has 34 heavy (non-hydrogen) atoms. The quantitative estimate of drug-likeness (QED) is 0.548. The van der Waals surface area contributed by atoms with E-state index in [1.165, 1.54) is 36.7 Å². The summed E-state index contributed by atoms with van der Waals surface area (Å²) in [6, 6.07) is 9.19. The standard InChI is InChI=1S/C22H29N3O7S2/c1-16-7-9-21(32-3)19(13-16)25(33(4,27)28)15-22(26)23-18-14-17(8-10-20(18)31-2)34(29,30)24-11-5-6-12-24/h7-10,13-14H,5-6,11-12,15H2,1-4H3,(H,23,26). The Morgan fingerprint density at radius 1 is 1.00 bits per heavy atom. The molecule has 1 N–H and O–H groups in total. The number of nitrogens with one attached hydrogen (secondary N) is 1. The molecular weight excluding hydrogens is 482 g/mol. The van der Waals surface area contributed by atoms with Gasteiger partial charge in [-0.1, -0.05) is 6.07 Å². The van der Waals surface area contributed by atoms with Crippen LogP contribution in [0.15, 0.2) is 41.3 Å². The molecule has 1 amide bonds. The maximum absolute atomic E-state index is 12.9. The highest BCUT2D eigenvalue weighted by Crippen LogP contribution is 2.32. The highest BCUT2D eigenvalue weighted by molar-refractivity contribution is 7.92. The SMILES string of the molecule is COc1ccc(S(=O)(=O)N2CCCC2)cc1NC(=O)CN(c1cc(C)ccc1OC)S(C)(=O)=O. The summed E-state index contributed by atoms with van der Waals surface area (Å²) < 4.78 is 63.8. The van der Waals surface area contributed by atoms with Crippen LogP contribution < -0.4 is 19.1 Å². The summed E-state index contributed by atoms with van der Waals surface area (Å²) in [7, 11) is -4.78. The number of anilines is 2. The zero-order valence-corrected chi connectivity index (χ0v) is 21.2. The van der Waals surface area contributed by atoms with E-state index in [9.17, 15) is 21.6 Å². The third-order valence-corrected chi connectivity index (χ3v) is 8.46. The molecule has 1 saturated heterocycles. The molecule has 186 valence electrons. The number of hydrogen-bond acceptors (Lipinski definition) is 7. The highest BCUT2D eigenvalue weighted by atomic mass is 32.2. The number of benzene rings is 2. The van der Waals surface area contributed by atoms with Gasteiger partial charge in [-0.05, 0) is 55.7 Å². The van der Waals surface area contributed by atoms with Crippen LogP contribution in [0.3, 0.4) is 0 Å². The van der Waals surface area contributed by atoms with Gasteiger partial charge in [0.05, 0.1) is 36.7 Å². The molecule has 0 bridgehead atoms. The van der Waals surface area contributed by atoms with Crippen LogP contribution in [0.4, 0.5) is 11.4 Å². The molecule has 1 aliphatic heterocycles. The molecule has 1 fully saturated rings. The van der Waals surface area contributed by atoms with Gasteiger partial charge in [-0.2, -0.15) is 4.31 Å². The summed E-state index contributed by atoms with van der Waals surface area (Å²) >= 11 is 0. The van der Waals surface area contributed by atoms with E-state index in [0.717, 1.165) is 29.0 Å². The van der Waals surface area contributed by atoms with Gasteiger partial charge >= 0.3 is 0 Å². The van der Waals surface area contributed by atoms with Crippen molar-refractivity contribution in [3.8, 4) is 11.5 Å². The fourth-order valence-electron chi connectivity index (χ4n) is 3.72. The Hall–Kier alpha value is -2.83. The van der Waals surface area contributed by atoms with Crippen molar-refractivity contribution < 1.29 is 31.1 Å². The lowest BCUT2D eigenvalue weighted by atomic mass is 10.2. The zero-order valence-electron chi connectivity index (χ0n) is 19.6. The second kappa shape index (κ2) is 10.2. The lowest BCUT2D eigenvalue weighted by molar-refractivity contribution is -0.114. The Kier molecular flexibility index (Phi) is 7.74. The molecule has 0 aliphatic carbocycles. The summed E-state index contributed by atoms with van der Waals surface area (Å²) in [4.78, 5) is 13.0. The van der Waals surface area contributed by atoms with Gasteiger partial charge in [0.2, 0.25) is 26.0 Å². The smallest absolute Gasteiger partial charge is 0.245 e. The van der Waals surface area contributed by atoms with Crippen molar-refractivity contribution in [1.82, 2.24) is 4.31 Å². The second-order valence-electron chi connectivity index (χ2n) is 7.97. The van der Waals surface area contributed by atoms with Gasteiger partial charge in [0, 0.05) is 13.1 Å². The number of nitrogens with zero attached hydrogens (tertiary/aromatic N) is 2. The molecule has 2 aromatic carbocycles.